The minimum absolute atomic E-state index is 0.0297. The van der Waals surface area contributed by atoms with Gasteiger partial charge < -0.3 is 9.73 Å². The molecular formula is C13H16BrN3O. The van der Waals surface area contributed by atoms with Crippen LogP contribution in [0.2, 0.25) is 0 Å². The summed E-state index contributed by atoms with van der Waals surface area (Å²) in [5.74, 6) is 1.13. The molecule has 0 saturated heterocycles. The maximum Gasteiger partial charge on any atom is 0.248 e. The predicted molar refractivity (Wildman–Crippen MR) is 74.0 cm³/mol. The molecule has 18 heavy (non-hydrogen) atoms. The quantitative estimate of drug-likeness (QED) is 0.944. The first-order valence-corrected chi connectivity index (χ1v) is 6.57. The van der Waals surface area contributed by atoms with E-state index >= 15 is 0 Å². The Labute approximate surface area is 115 Å². The second-order valence-corrected chi connectivity index (χ2v) is 5.94. The van der Waals surface area contributed by atoms with Gasteiger partial charge in [-0.05, 0) is 48.8 Å². The Balaban J connectivity index is 2.14. The van der Waals surface area contributed by atoms with Crippen LogP contribution in [0.4, 0.5) is 0 Å². The third kappa shape index (κ3) is 3.40. The summed E-state index contributed by atoms with van der Waals surface area (Å²) in [4.78, 5) is 0. The van der Waals surface area contributed by atoms with Crippen LogP contribution in [0.3, 0.4) is 0 Å². The van der Waals surface area contributed by atoms with Crippen molar-refractivity contribution < 1.29 is 4.42 Å². The SMILES string of the molecule is CC(C)(C)NCc1nnc(-c2ccccc2Br)o1. The van der Waals surface area contributed by atoms with Crippen LogP contribution in [-0.2, 0) is 6.54 Å². The molecule has 0 aliphatic heterocycles. The van der Waals surface area contributed by atoms with Crippen molar-refractivity contribution in [1.29, 1.82) is 0 Å². The van der Waals surface area contributed by atoms with Crippen LogP contribution >= 0.6 is 15.9 Å². The van der Waals surface area contributed by atoms with Crippen molar-refractivity contribution in [3.8, 4) is 11.5 Å². The predicted octanol–water partition coefficient (Wildman–Crippen LogP) is 3.39. The number of benzene rings is 1. The van der Waals surface area contributed by atoms with E-state index in [1.807, 2.05) is 24.3 Å². The van der Waals surface area contributed by atoms with Gasteiger partial charge in [0.15, 0.2) is 0 Å². The smallest absolute Gasteiger partial charge is 0.248 e. The normalized spacial score (nSPS) is 11.8. The van der Waals surface area contributed by atoms with Gasteiger partial charge in [0.2, 0.25) is 11.8 Å². The number of nitrogens with zero attached hydrogens (tertiary/aromatic N) is 2. The standard InChI is InChI=1S/C13H16BrN3O/c1-13(2,3)15-8-11-16-17-12(18-11)9-6-4-5-7-10(9)14/h4-7,15H,8H2,1-3H3. The highest BCUT2D eigenvalue weighted by molar-refractivity contribution is 9.10. The first-order valence-electron chi connectivity index (χ1n) is 5.78. The number of aromatic nitrogens is 2. The molecule has 0 radical (unpaired) electrons. The van der Waals surface area contributed by atoms with Crippen molar-refractivity contribution in [2.75, 3.05) is 0 Å². The number of halogens is 1. The lowest BCUT2D eigenvalue weighted by Gasteiger charge is -2.18. The van der Waals surface area contributed by atoms with Crippen molar-refractivity contribution >= 4 is 15.9 Å². The van der Waals surface area contributed by atoms with Crippen LogP contribution in [0.5, 0.6) is 0 Å². The molecule has 0 amide bonds. The monoisotopic (exact) mass is 309 g/mol. The zero-order valence-electron chi connectivity index (χ0n) is 10.7. The van der Waals surface area contributed by atoms with Crippen LogP contribution in [-0.4, -0.2) is 15.7 Å². The largest absolute Gasteiger partial charge is 0.419 e. The Kier molecular flexibility index (Phi) is 3.82. The van der Waals surface area contributed by atoms with Crippen LogP contribution in [0.25, 0.3) is 11.5 Å². The number of nitrogens with one attached hydrogen (secondary N) is 1. The van der Waals surface area contributed by atoms with Gasteiger partial charge in [-0.3, -0.25) is 0 Å². The van der Waals surface area contributed by atoms with E-state index in [1.54, 1.807) is 0 Å². The molecule has 0 unspecified atom stereocenters. The molecule has 4 nitrogen and oxygen atoms in total. The van der Waals surface area contributed by atoms with Gasteiger partial charge in [0.1, 0.15) is 0 Å². The number of hydrogen-bond acceptors (Lipinski definition) is 4. The summed E-state index contributed by atoms with van der Waals surface area (Å²) in [6.45, 7) is 6.86. The van der Waals surface area contributed by atoms with Crippen LogP contribution < -0.4 is 5.32 Å². The lowest BCUT2D eigenvalue weighted by atomic mass is 10.1. The Morgan fingerprint density at radius 1 is 1.22 bits per heavy atom. The van der Waals surface area contributed by atoms with E-state index in [0.29, 0.717) is 18.3 Å². The third-order valence-electron chi connectivity index (χ3n) is 2.34. The van der Waals surface area contributed by atoms with E-state index in [9.17, 15) is 0 Å². The average Bonchev–Trinajstić information content (AvgIpc) is 2.75. The minimum atomic E-state index is 0.0297. The molecule has 2 aromatic rings. The van der Waals surface area contributed by atoms with Crippen molar-refractivity contribution in [1.82, 2.24) is 15.5 Å². The van der Waals surface area contributed by atoms with Crippen LogP contribution in [0.1, 0.15) is 26.7 Å². The number of rotatable bonds is 3. The van der Waals surface area contributed by atoms with Gasteiger partial charge in [-0.2, -0.15) is 0 Å². The molecule has 0 fully saturated rings. The Morgan fingerprint density at radius 2 is 1.94 bits per heavy atom. The molecule has 0 saturated carbocycles. The Hall–Kier alpha value is -1.20. The highest BCUT2D eigenvalue weighted by Gasteiger charge is 2.14. The third-order valence-corrected chi connectivity index (χ3v) is 3.03. The van der Waals surface area contributed by atoms with E-state index in [0.717, 1.165) is 10.0 Å². The molecule has 1 heterocycles. The van der Waals surface area contributed by atoms with E-state index in [-0.39, 0.29) is 5.54 Å². The van der Waals surface area contributed by atoms with Crippen LogP contribution in [0.15, 0.2) is 33.2 Å². The summed E-state index contributed by atoms with van der Waals surface area (Å²) in [6.07, 6.45) is 0. The first-order chi connectivity index (χ1) is 8.46. The molecule has 1 aromatic carbocycles. The zero-order chi connectivity index (χ0) is 13.2. The molecule has 1 N–H and O–H groups in total. The molecule has 0 aliphatic carbocycles. The first kappa shape index (κ1) is 13.2. The van der Waals surface area contributed by atoms with E-state index in [2.05, 4.69) is 52.2 Å². The molecular weight excluding hydrogens is 294 g/mol. The van der Waals surface area contributed by atoms with Gasteiger partial charge in [0, 0.05) is 10.0 Å². The fraction of sp³-hybridized carbons (Fsp3) is 0.385. The molecule has 0 aliphatic rings. The fourth-order valence-electron chi connectivity index (χ4n) is 1.41. The molecule has 2 rings (SSSR count). The maximum absolute atomic E-state index is 5.63. The van der Waals surface area contributed by atoms with Crippen LogP contribution in [0, 0.1) is 0 Å². The zero-order valence-corrected chi connectivity index (χ0v) is 12.3. The summed E-state index contributed by atoms with van der Waals surface area (Å²) < 4.78 is 6.58. The Bertz CT molecular complexity index is 531. The molecule has 0 spiro atoms. The van der Waals surface area contributed by atoms with Gasteiger partial charge in [0.05, 0.1) is 12.1 Å². The van der Waals surface area contributed by atoms with E-state index in [1.165, 1.54) is 0 Å². The average molecular weight is 310 g/mol. The van der Waals surface area contributed by atoms with Crippen molar-refractivity contribution in [3.63, 3.8) is 0 Å². The van der Waals surface area contributed by atoms with Crippen molar-refractivity contribution in [2.24, 2.45) is 0 Å². The fourth-order valence-corrected chi connectivity index (χ4v) is 1.86. The van der Waals surface area contributed by atoms with Gasteiger partial charge in [0.25, 0.3) is 0 Å². The molecule has 0 bridgehead atoms. The van der Waals surface area contributed by atoms with E-state index in [4.69, 9.17) is 4.42 Å². The van der Waals surface area contributed by atoms with Gasteiger partial charge in [-0.15, -0.1) is 10.2 Å². The molecule has 96 valence electrons. The second-order valence-electron chi connectivity index (χ2n) is 5.08. The van der Waals surface area contributed by atoms with Crippen molar-refractivity contribution in [2.45, 2.75) is 32.9 Å². The minimum Gasteiger partial charge on any atom is -0.419 e. The van der Waals surface area contributed by atoms with E-state index < -0.39 is 0 Å². The summed E-state index contributed by atoms with van der Waals surface area (Å²) in [6, 6.07) is 7.79. The van der Waals surface area contributed by atoms with Gasteiger partial charge >= 0.3 is 0 Å². The topological polar surface area (TPSA) is 51.0 Å². The lowest BCUT2D eigenvalue weighted by Crippen LogP contribution is -2.35. The summed E-state index contributed by atoms with van der Waals surface area (Å²) in [7, 11) is 0. The Morgan fingerprint density at radius 3 is 2.61 bits per heavy atom. The van der Waals surface area contributed by atoms with Gasteiger partial charge in [-0.1, -0.05) is 12.1 Å². The maximum atomic E-state index is 5.63. The molecule has 5 heteroatoms. The summed E-state index contributed by atoms with van der Waals surface area (Å²) >= 11 is 3.47. The van der Waals surface area contributed by atoms with Crippen molar-refractivity contribution in [3.05, 3.63) is 34.6 Å². The number of hydrogen-bond donors (Lipinski definition) is 1. The molecule has 1 aromatic heterocycles. The second kappa shape index (κ2) is 5.20. The molecule has 0 atom stereocenters. The summed E-state index contributed by atoms with van der Waals surface area (Å²) in [5.41, 5.74) is 0.939. The summed E-state index contributed by atoms with van der Waals surface area (Å²) in [5, 5.41) is 11.4. The highest BCUT2D eigenvalue weighted by Crippen LogP contribution is 2.26. The highest BCUT2D eigenvalue weighted by atomic mass is 79.9. The lowest BCUT2D eigenvalue weighted by molar-refractivity contribution is 0.383. The van der Waals surface area contributed by atoms with Gasteiger partial charge in [-0.25, -0.2) is 0 Å².